The molecular weight excluding hydrogens is 987 g/mol. The monoisotopic (exact) mass is 1050 g/mol. The third-order valence-corrected chi connectivity index (χ3v) is 11.6. The molecule has 0 heterocycles. The van der Waals surface area contributed by atoms with Gasteiger partial charge in [0.25, 0.3) is 0 Å². The molecule has 0 saturated heterocycles. The van der Waals surface area contributed by atoms with Crippen molar-refractivity contribution in [2.75, 3.05) is 0 Å². The van der Waals surface area contributed by atoms with Gasteiger partial charge in [0.05, 0.1) is 0 Å². The van der Waals surface area contributed by atoms with Crippen LogP contribution in [-0.2, 0) is 91.0 Å². The van der Waals surface area contributed by atoms with E-state index in [1.54, 1.807) is 25.7 Å². The summed E-state index contributed by atoms with van der Waals surface area (Å²) in [5.41, 5.74) is 9.63. The Morgan fingerprint density at radius 1 is 0.219 bits per heavy atom. The van der Waals surface area contributed by atoms with Crippen molar-refractivity contribution in [1.29, 1.82) is 0 Å². The van der Waals surface area contributed by atoms with E-state index in [-0.39, 0.29) is 43.6 Å². The zero-order chi connectivity index (χ0) is 50.5. The Balaban J connectivity index is 0.000000210. The molecule has 0 unspecified atom stereocenters. The van der Waals surface area contributed by atoms with Crippen molar-refractivity contribution in [1.82, 2.24) is 0 Å². The number of Topliss-reactive ketones (excluding diaryl/α,β-unsaturated/α-hetero) is 4. The largest absolute Gasteiger partial charge is 0.334 e. The van der Waals surface area contributed by atoms with Gasteiger partial charge in [-0.15, -0.1) is 25.7 Å². The van der Waals surface area contributed by atoms with E-state index in [9.17, 15) is 19.2 Å². The van der Waals surface area contributed by atoms with Gasteiger partial charge in [-0.3, -0.25) is 0 Å². The zero-order valence-electron chi connectivity index (χ0n) is 41.8. The van der Waals surface area contributed by atoms with E-state index < -0.39 is 0 Å². The minimum Gasteiger partial charge on any atom is -0.334 e. The quantitative estimate of drug-likeness (QED) is 0.0447. The van der Waals surface area contributed by atoms with Gasteiger partial charge in [-0.25, -0.2) is 0 Å². The summed E-state index contributed by atoms with van der Waals surface area (Å²) in [6, 6.07) is 80.8. The third-order valence-electron chi connectivity index (χ3n) is 11.6. The second-order valence-electron chi connectivity index (χ2n) is 17.4. The number of carbonyl (C=O) groups excluding carboxylic acids is 4. The van der Waals surface area contributed by atoms with Gasteiger partial charge in [-0.2, -0.15) is 0 Å². The topological polar surface area (TPSA) is 68.3 Å². The van der Waals surface area contributed by atoms with Crippen LogP contribution in [0.1, 0.15) is 70.2 Å². The van der Waals surface area contributed by atoms with Crippen molar-refractivity contribution in [2.45, 2.75) is 77.0 Å². The molecule has 8 rings (SSSR count). The second kappa shape index (κ2) is 36.5. The molecule has 4 nitrogen and oxygen atoms in total. The smallest absolute Gasteiger partial charge is 0 e. The van der Waals surface area contributed by atoms with Crippen molar-refractivity contribution < 1.29 is 39.6 Å². The van der Waals surface area contributed by atoms with E-state index in [0.717, 1.165) is 51.4 Å². The van der Waals surface area contributed by atoms with E-state index >= 15 is 0 Å². The average Bonchev–Trinajstić information content (AvgIpc) is 3.45. The van der Waals surface area contributed by atoms with Gasteiger partial charge < -0.3 is 44.9 Å². The van der Waals surface area contributed by atoms with Gasteiger partial charge in [0.2, 0.25) is 0 Å². The van der Waals surface area contributed by atoms with Crippen LogP contribution >= 0.6 is 0 Å². The van der Waals surface area contributed by atoms with Gasteiger partial charge in [-0.05, 0) is 96.8 Å². The maximum absolute atomic E-state index is 11.7. The summed E-state index contributed by atoms with van der Waals surface area (Å²) in [7, 11) is 0. The molecule has 0 saturated carbocycles. The van der Waals surface area contributed by atoms with Crippen LogP contribution in [0.3, 0.4) is 0 Å². The van der Waals surface area contributed by atoms with E-state index in [0.29, 0.717) is 25.7 Å². The molecular formula is C68H68O4Pd-4. The first kappa shape index (κ1) is 58.2. The summed E-state index contributed by atoms with van der Waals surface area (Å²) >= 11 is 0. The van der Waals surface area contributed by atoms with E-state index in [1.165, 1.54) is 44.5 Å². The first-order chi connectivity index (χ1) is 35.4. The van der Waals surface area contributed by atoms with Crippen LogP contribution in [0, 0.1) is 25.7 Å². The Bertz CT molecular complexity index is 2100. The van der Waals surface area contributed by atoms with Crippen LogP contribution in [0.25, 0.3) is 0 Å². The van der Waals surface area contributed by atoms with Crippen LogP contribution in [0.15, 0.2) is 243 Å². The number of hydrogen-bond acceptors (Lipinski definition) is 4. The summed E-state index contributed by atoms with van der Waals surface area (Å²) in [5.74, 6) is 0.899. The van der Waals surface area contributed by atoms with Crippen LogP contribution in [0.5, 0.6) is 0 Å². The molecule has 0 amide bonds. The Labute approximate surface area is 450 Å². The molecule has 5 heteroatoms. The van der Waals surface area contributed by atoms with E-state index in [4.69, 9.17) is 0 Å². The average molecular weight is 1060 g/mol. The molecule has 0 aliphatic carbocycles. The van der Waals surface area contributed by atoms with E-state index in [2.05, 4.69) is 48.5 Å². The maximum atomic E-state index is 11.7. The first-order valence-corrected chi connectivity index (χ1v) is 25.1. The molecule has 0 spiro atoms. The standard InChI is InChI=1S/4C17H17O.Pd/c4*18-17(13-11-15-7-3-1-4-8-15)14-12-16-9-5-2-6-10-16;/h4*1-10,13H,11-12,14H2;/q4*-1;. The third kappa shape index (κ3) is 27.1. The maximum Gasteiger partial charge on any atom is 0 e. The SMILES string of the molecule is O=C([CH-]Cc1ccccc1)CCc1ccccc1.O=C([CH-]Cc1ccccc1)CCc1ccccc1.O=C([CH-]Cc1ccccc1)CCc1ccccc1.O=C([CH-]Cc1ccccc1)CCc1ccccc1.[Pd]. The fourth-order valence-corrected chi connectivity index (χ4v) is 7.44. The van der Waals surface area contributed by atoms with Crippen molar-refractivity contribution >= 4 is 23.1 Å². The molecule has 8 aromatic carbocycles. The molecule has 73 heavy (non-hydrogen) atoms. The van der Waals surface area contributed by atoms with E-state index in [1.807, 2.05) is 194 Å². The summed E-state index contributed by atoms with van der Waals surface area (Å²) < 4.78 is 0. The number of rotatable bonds is 24. The van der Waals surface area contributed by atoms with Crippen LogP contribution < -0.4 is 0 Å². The molecule has 0 atom stereocenters. The Kier molecular flexibility index (Phi) is 29.1. The number of benzene rings is 8. The molecule has 0 radical (unpaired) electrons. The summed E-state index contributed by atoms with van der Waals surface area (Å²) in [6.45, 7) is 0. The Morgan fingerprint density at radius 2 is 0.356 bits per heavy atom. The fourth-order valence-electron chi connectivity index (χ4n) is 7.44. The number of carbonyl (C=O) groups is 4. The van der Waals surface area contributed by atoms with Crippen LogP contribution in [0.2, 0.25) is 0 Å². The minimum atomic E-state index is 0. The molecule has 0 fully saturated rings. The van der Waals surface area contributed by atoms with Crippen molar-refractivity contribution in [3.63, 3.8) is 0 Å². The van der Waals surface area contributed by atoms with Gasteiger partial charge in [0.15, 0.2) is 0 Å². The zero-order valence-corrected chi connectivity index (χ0v) is 43.4. The molecule has 0 aliphatic heterocycles. The van der Waals surface area contributed by atoms with Crippen LogP contribution in [-0.4, -0.2) is 23.1 Å². The van der Waals surface area contributed by atoms with Crippen molar-refractivity contribution in [3.05, 3.63) is 313 Å². The number of ketones is 4. The normalized spacial score (nSPS) is 9.86. The minimum absolute atomic E-state index is 0. The second-order valence-corrected chi connectivity index (χ2v) is 17.4. The predicted octanol–water partition coefficient (Wildman–Crippen LogP) is 14.5. The van der Waals surface area contributed by atoms with Gasteiger partial charge in [0.1, 0.15) is 0 Å². The molecule has 8 aromatic rings. The predicted molar refractivity (Wildman–Crippen MR) is 297 cm³/mol. The summed E-state index contributed by atoms with van der Waals surface area (Å²) in [4.78, 5) is 46.9. The molecule has 0 bridgehead atoms. The Hall–Kier alpha value is -7.42. The van der Waals surface area contributed by atoms with Crippen molar-refractivity contribution in [2.24, 2.45) is 0 Å². The molecule has 0 aromatic heterocycles. The first-order valence-electron chi connectivity index (χ1n) is 25.1. The molecule has 378 valence electrons. The van der Waals surface area contributed by atoms with Crippen molar-refractivity contribution in [3.8, 4) is 0 Å². The van der Waals surface area contributed by atoms with Gasteiger partial charge in [0, 0.05) is 20.4 Å². The fraction of sp³-hybridized carbons (Fsp3) is 0.176. The summed E-state index contributed by atoms with van der Waals surface area (Å²) in [5, 5.41) is 0. The summed E-state index contributed by atoms with van der Waals surface area (Å²) in [6.07, 6.45) is 15.8. The Morgan fingerprint density at radius 3 is 0.507 bits per heavy atom. The molecule has 0 N–H and O–H groups in total. The number of aryl methyl sites for hydroxylation is 4. The van der Waals surface area contributed by atoms with Gasteiger partial charge >= 0.3 is 0 Å². The van der Waals surface area contributed by atoms with Gasteiger partial charge in [-0.1, -0.05) is 265 Å². The number of hydrogen-bond donors (Lipinski definition) is 0. The molecule has 0 aliphatic rings. The van der Waals surface area contributed by atoms with Crippen LogP contribution in [0.4, 0.5) is 0 Å².